The molecule has 0 radical (unpaired) electrons. The second kappa shape index (κ2) is 5.15. The summed E-state index contributed by atoms with van der Waals surface area (Å²) in [7, 11) is 0. The summed E-state index contributed by atoms with van der Waals surface area (Å²) >= 11 is 6.06. The maximum atomic E-state index is 6.06. The predicted molar refractivity (Wildman–Crippen MR) is 74.6 cm³/mol. The molecular weight excluding hydrogens is 230 g/mol. The maximum absolute atomic E-state index is 6.06. The van der Waals surface area contributed by atoms with Gasteiger partial charge in [0.2, 0.25) is 0 Å². The Kier molecular flexibility index (Phi) is 3.60. The summed E-state index contributed by atoms with van der Waals surface area (Å²) in [6.45, 7) is 4.14. The monoisotopic (exact) mass is 243 g/mol. The lowest BCUT2D eigenvalue weighted by atomic mass is 10.1. The van der Waals surface area contributed by atoms with Crippen LogP contribution in [0.1, 0.15) is 16.7 Å². The molecular formula is C15H14ClN. The number of aryl methyl sites for hydroxylation is 2. The molecule has 0 aromatic heterocycles. The Labute approximate surface area is 107 Å². The van der Waals surface area contributed by atoms with Crippen molar-refractivity contribution in [2.45, 2.75) is 13.8 Å². The van der Waals surface area contributed by atoms with Crippen LogP contribution in [0.15, 0.2) is 47.5 Å². The van der Waals surface area contributed by atoms with Crippen molar-refractivity contribution in [3.05, 3.63) is 64.2 Å². The number of benzene rings is 2. The molecule has 17 heavy (non-hydrogen) atoms. The van der Waals surface area contributed by atoms with E-state index in [2.05, 4.69) is 31.0 Å². The molecule has 0 unspecified atom stereocenters. The zero-order valence-corrected chi connectivity index (χ0v) is 10.7. The summed E-state index contributed by atoms with van der Waals surface area (Å²) in [6, 6.07) is 13.9. The largest absolute Gasteiger partial charge is 0.256 e. The normalized spacial score (nSPS) is 11.0. The van der Waals surface area contributed by atoms with Gasteiger partial charge in [-0.2, -0.15) is 0 Å². The second-order valence-electron chi connectivity index (χ2n) is 4.07. The molecule has 0 aliphatic carbocycles. The molecule has 2 rings (SSSR count). The first kappa shape index (κ1) is 11.9. The number of hydrogen-bond acceptors (Lipinski definition) is 1. The van der Waals surface area contributed by atoms with Crippen molar-refractivity contribution < 1.29 is 0 Å². The van der Waals surface area contributed by atoms with Crippen molar-refractivity contribution in [1.29, 1.82) is 0 Å². The first-order valence-corrected chi connectivity index (χ1v) is 5.90. The second-order valence-corrected chi connectivity index (χ2v) is 4.48. The van der Waals surface area contributed by atoms with Crippen LogP contribution < -0.4 is 0 Å². The number of rotatable bonds is 2. The molecule has 0 amide bonds. The highest BCUT2D eigenvalue weighted by Crippen LogP contribution is 2.20. The van der Waals surface area contributed by atoms with Crippen molar-refractivity contribution in [1.82, 2.24) is 0 Å². The van der Waals surface area contributed by atoms with Crippen LogP contribution in [0, 0.1) is 13.8 Å². The summed E-state index contributed by atoms with van der Waals surface area (Å²) in [5.74, 6) is 0. The van der Waals surface area contributed by atoms with Gasteiger partial charge in [0.25, 0.3) is 0 Å². The van der Waals surface area contributed by atoms with Crippen LogP contribution in [-0.2, 0) is 0 Å². The Morgan fingerprint density at radius 1 is 1.06 bits per heavy atom. The molecule has 0 spiro atoms. The van der Waals surface area contributed by atoms with Crippen LogP contribution in [0.2, 0.25) is 5.02 Å². The van der Waals surface area contributed by atoms with Crippen LogP contribution in [0.25, 0.3) is 0 Å². The molecule has 0 aliphatic rings. The zero-order valence-electron chi connectivity index (χ0n) is 9.94. The fourth-order valence-corrected chi connectivity index (χ4v) is 1.85. The Hall–Kier alpha value is -1.60. The van der Waals surface area contributed by atoms with Gasteiger partial charge in [-0.3, -0.25) is 4.99 Å². The lowest BCUT2D eigenvalue weighted by Gasteiger charge is -2.01. The number of aliphatic imine (C=N–C) groups is 1. The van der Waals surface area contributed by atoms with Gasteiger partial charge in [0, 0.05) is 16.8 Å². The smallest absolute Gasteiger partial charge is 0.0659 e. The zero-order chi connectivity index (χ0) is 12.3. The number of halogens is 1. The van der Waals surface area contributed by atoms with E-state index in [1.807, 2.05) is 30.3 Å². The lowest BCUT2D eigenvalue weighted by Crippen LogP contribution is -1.83. The van der Waals surface area contributed by atoms with E-state index >= 15 is 0 Å². The highest BCUT2D eigenvalue weighted by atomic mass is 35.5. The van der Waals surface area contributed by atoms with Gasteiger partial charge in [0.15, 0.2) is 0 Å². The van der Waals surface area contributed by atoms with Crippen LogP contribution in [-0.4, -0.2) is 6.21 Å². The van der Waals surface area contributed by atoms with Gasteiger partial charge in [0.1, 0.15) is 0 Å². The van der Waals surface area contributed by atoms with E-state index < -0.39 is 0 Å². The molecule has 2 heteroatoms. The number of nitrogens with zero attached hydrogens (tertiary/aromatic N) is 1. The minimum absolute atomic E-state index is 0.723. The van der Waals surface area contributed by atoms with E-state index in [-0.39, 0.29) is 0 Å². The fraction of sp³-hybridized carbons (Fsp3) is 0.133. The van der Waals surface area contributed by atoms with Crippen molar-refractivity contribution in [2.75, 3.05) is 0 Å². The lowest BCUT2D eigenvalue weighted by molar-refractivity contribution is 1.35. The summed E-state index contributed by atoms with van der Waals surface area (Å²) < 4.78 is 0. The third-order valence-electron chi connectivity index (χ3n) is 2.60. The first-order chi connectivity index (χ1) is 8.16. The van der Waals surface area contributed by atoms with Gasteiger partial charge in [-0.1, -0.05) is 47.5 Å². The third-order valence-corrected chi connectivity index (χ3v) is 2.94. The Morgan fingerprint density at radius 2 is 1.82 bits per heavy atom. The molecule has 0 saturated heterocycles. The quantitative estimate of drug-likeness (QED) is 0.678. The molecule has 0 aliphatic heterocycles. The first-order valence-electron chi connectivity index (χ1n) is 5.52. The van der Waals surface area contributed by atoms with E-state index in [0.717, 1.165) is 16.3 Å². The predicted octanol–water partition coefficient (Wildman–Crippen LogP) is 4.71. The van der Waals surface area contributed by atoms with Gasteiger partial charge in [-0.05, 0) is 31.5 Å². The summed E-state index contributed by atoms with van der Waals surface area (Å²) in [4.78, 5) is 4.47. The van der Waals surface area contributed by atoms with Crippen molar-refractivity contribution in [2.24, 2.45) is 4.99 Å². The van der Waals surface area contributed by atoms with Crippen molar-refractivity contribution in [3.63, 3.8) is 0 Å². The minimum atomic E-state index is 0.723. The molecule has 86 valence electrons. The van der Waals surface area contributed by atoms with Crippen LogP contribution in [0.3, 0.4) is 0 Å². The van der Waals surface area contributed by atoms with E-state index in [9.17, 15) is 0 Å². The van der Waals surface area contributed by atoms with E-state index in [1.165, 1.54) is 11.1 Å². The van der Waals surface area contributed by atoms with E-state index in [0.29, 0.717) is 0 Å². The van der Waals surface area contributed by atoms with Crippen LogP contribution >= 0.6 is 11.6 Å². The molecule has 0 fully saturated rings. The van der Waals surface area contributed by atoms with Gasteiger partial charge in [-0.25, -0.2) is 0 Å². The molecule has 0 N–H and O–H groups in total. The highest BCUT2D eigenvalue weighted by molar-refractivity contribution is 6.33. The summed E-state index contributed by atoms with van der Waals surface area (Å²) in [5.41, 5.74) is 4.34. The van der Waals surface area contributed by atoms with Crippen LogP contribution in [0.5, 0.6) is 0 Å². The molecule has 0 heterocycles. The molecule has 0 bridgehead atoms. The van der Waals surface area contributed by atoms with Crippen LogP contribution in [0.4, 0.5) is 5.69 Å². The Bertz CT molecular complexity index is 559. The molecule has 0 atom stereocenters. The summed E-state index contributed by atoms with van der Waals surface area (Å²) in [5, 5.41) is 0.723. The Balaban J connectivity index is 2.29. The molecule has 2 aromatic rings. The highest BCUT2D eigenvalue weighted by Gasteiger charge is 1.97. The topological polar surface area (TPSA) is 12.4 Å². The van der Waals surface area contributed by atoms with Gasteiger partial charge in [-0.15, -0.1) is 0 Å². The molecule has 2 aromatic carbocycles. The standard InChI is InChI=1S/C15H14ClN/c1-11-7-8-15(12(2)9-11)17-10-13-5-3-4-6-14(13)16/h3-10H,1-2H3. The fourth-order valence-electron chi connectivity index (χ4n) is 1.67. The minimum Gasteiger partial charge on any atom is -0.256 e. The van der Waals surface area contributed by atoms with E-state index in [4.69, 9.17) is 11.6 Å². The molecule has 0 saturated carbocycles. The Morgan fingerprint density at radius 3 is 2.53 bits per heavy atom. The van der Waals surface area contributed by atoms with Gasteiger partial charge in [0.05, 0.1) is 5.69 Å². The van der Waals surface area contributed by atoms with Crippen molar-refractivity contribution >= 4 is 23.5 Å². The summed E-state index contributed by atoms with van der Waals surface area (Å²) in [6.07, 6.45) is 1.81. The third kappa shape index (κ3) is 2.95. The van der Waals surface area contributed by atoms with Gasteiger partial charge >= 0.3 is 0 Å². The average molecular weight is 244 g/mol. The van der Waals surface area contributed by atoms with Crippen molar-refractivity contribution in [3.8, 4) is 0 Å². The average Bonchev–Trinajstić information content (AvgIpc) is 2.30. The molecule has 1 nitrogen and oxygen atoms in total. The number of hydrogen-bond donors (Lipinski definition) is 0. The maximum Gasteiger partial charge on any atom is 0.0659 e. The van der Waals surface area contributed by atoms with Gasteiger partial charge < -0.3 is 0 Å². The van der Waals surface area contributed by atoms with E-state index in [1.54, 1.807) is 6.21 Å². The SMILES string of the molecule is Cc1ccc(N=Cc2ccccc2Cl)c(C)c1.